The highest BCUT2D eigenvalue weighted by atomic mass is 79.9. The topological polar surface area (TPSA) is 65.2 Å². The molecule has 0 bridgehead atoms. The number of hydrogen-bond acceptors (Lipinski definition) is 2. The van der Waals surface area contributed by atoms with Crippen molar-refractivity contribution >= 4 is 38.6 Å². The predicted molar refractivity (Wildman–Crippen MR) is 77.0 cm³/mol. The quantitative estimate of drug-likeness (QED) is 0.903. The van der Waals surface area contributed by atoms with Crippen LogP contribution >= 0.6 is 15.9 Å². The Morgan fingerprint density at radius 2 is 2.05 bits per heavy atom. The summed E-state index contributed by atoms with van der Waals surface area (Å²) in [5.41, 5.74) is 1.32. The zero-order chi connectivity index (χ0) is 14.0. The number of rotatable bonds is 3. The van der Waals surface area contributed by atoms with Gasteiger partial charge < -0.3 is 15.2 Å². The Balaban J connectivity index is 2.11. The normalized spacial score (nSPS) is 10.5. The molecule has 0 saturated carbocycles. The van der Waals surface area contributed by atoms with Crippen molar-refractivity contribution in [2.75, 3.05) is 20.6 Å². The van der Waals surface area contributed by atoms with Crippen molar-refractivity contribution in [1.29, 1.82) is 0 Å². The standard InChI is InChI=1S/C13H14BrN3O2/c1-17(2)12(18)7-15-13(19)11-5-8-3-4-9(14)6-10(8)16-11/h3-6,16H,7H2,1-2H3,(H,15,19). The lowest BCUT2D eigenvalue weighted by Gasteiger charge is -2.10. The molecule has 6 heteroatoms. The molecule has 0 aliphatic rings. The number of likely N-dealkylation sites (N-methyl/N-ethyl adjacent to an activating group) is 1. The van der Waals surface area contributed by atoms with Crippen LogP contribution in [0.25, 0.3) is 10.9 Å². The Morgan fingerprint density at radius 1 is 1.32 bits per heavy atom. The van der Waals surface area contributed by atoms with Gasteiger partial charge in [0, 0.05) is 29.5 Å². The molecule has 2 aromatic rings. The van der Waals surface area contributed by atoms with Crippen LogP contribution in [-0.4, -0.2) is 42.3 Å². The first-order valence-electron chi connectivity index (χ1n) is 5.74. The lowest BCUT2D eigenvalue weighted by molar-refractivity contribution is -0.127. The SMILES string of the molecule is CN(C)C(=O)CNC(=O)c1cc2ccc(Br)cc2[nH]1. The molecule has 1 heterocycles. The van der Waals surface area contributed by atoms with Gasteiger partial charge in [-0.2, -0.15) is 0 Å². The van der Waals surface area contributed by atoms with E-state index < -0.39 is 0 Å². The second-order valence-electron chi connectivity index (χ2n) is 4.39. The highest BCUT2D eigenvalue weighted by molar-refractivity contribution is 9.10. The van der Waals surface area contributed by atoms with E-state index in [-0.39, 0.29) is 18.4 Å². The zero-order valence-corrected chi connectivity index (χ0v) is 12.2. The number of benzene rings is 1. The molecule has 0 fully saturated rings. The Hall–Kier alpha value is -1.82. The van der Waals surface area contributed by atoms with E-state index in [9.17, 15) is 9.59 Å². The van der Waals surface area contributed by atoms with Crippen molar-refractivity contribution in [1.82, 2.24) is 15.2 Å². The molecule has 2 N–H and O–H groups in total. The number of carbonyl (C=O) groups excluding carboxylic acids is 2. The lowest BCUT2D eigenvalue weighted by atomic mass is 10.2. The molecule has 0 aliphatic carbocycles. The van der Waals surface area contributed by atoms with Crippen molar-refractivity contribution in [3.63, 3.8) is 0 Å². The van der Waals surface area contributed by atoms with Crippen LogP contribution in [0.3, 0.4) is 0 Å². The number of fused-ring (bicyclic) bond motifs is 1. The van der Waals surface area contributed by atoms with Gasteiger partial charge >= 0.3 is 0 Å². The number of carbonyl (C=O) groups is 2. The van der Waals surface area contributed by atoms with E-state index >= 15 is 0 Å². The van der Waals surface area contributed by atoms with Gasteiger partial charge in [0.2, 0.25) is 5.91 Å². The van der Waals surface area contributed by atoms with Gasteiger partial charge in [-0.3, -0.25) is 9.59 Å². The number of halogens is 1. The van der Waals surface area contributed by atoms with Crippen LogP contribution < -0.4 is 5.32 Å². The maximum absolute atomic E-state index is 11.9. The number of aromatic nitrogens is 1. The van der Waals surface area contributed by atoms with Crippen LogP contribution in [0.15, 0.2) is 28.7 Å². The first-order chi connectivity index (χ1) is 8.97. The van der Waals surface area contributed by atoms with Gasteiger partial charge in [-0.15, -0.1) is 0 Å². The lowest BCUT2D eigenvalue weighted by Crippen LogP contribution is -2.36. The molecule has 2 rings (SSSR count). The molecular weight excluding hydrogens is 310 g/mol. The van der Waals surface area contributed by atoms with E-state index in [4.69, 9.17) is 0 Å². The summed E-state index contributed by atoms with van der Waals surface area (Å²) < 4.78 is 0.941. The monoisotopic (exact) mass is 323 g/mol. The van der Waals surface area contributed by atoms with Crippen molar-refractivity contribution in [2.24, 2.45) is 0 Å². The van der Waals surface area contributed by atoms with Gasteiger partial charge in [-0.1, -0.05) is 22.0 Å². The molecule has 19 heavy (non-hydrogen) atoms. The summed E-state index contributed by atoms with van der Waals surface area (Å²) in [6, 6.07) is 7.49. The van der Waals surface area contributed by atoms with E-state index in [1.54, 1.807) is 20.2 Å². The fraction of sp³-hybridized carbons (Fsp3) is 0.231. The molecule has 0 aliphatic heterocycles. The van der Waals surface area contributed by atoms with E-state index in [1.165, 1.54) is 4.90 Å². The number of aromatic amines is 1. The van der Waals surface area contributed by atoms with Crippen LogP contribution in [-0.2, 0) is 4.79 Å². The van der Waals surface area contributed by atoms with Crippen LogP contribution in [0.2, 0.25) is 0 Å². The third kappa shape index (κ3) is 3.14. The third-order valence-electron chi connectivity index (χ3n) is 2.73. The first-order valence-corrected chi connectivity index (χ1v) is 6.53. The molecule has 1 aromatic carbocycles. The van der Waals surface area contributed by atoms with Gasteiger partial charge in [0.15, 0.2) is 0 Å². The summed E-state index contributed by atoms with van der Waals surface area (Å²) >= 11 is 3.37. The predicted octanol–water partition coefficient (Wildman–Crippen LogP) is 1.75. The molecule has 100 valence electrons. The minimum atomic E-state index is -0.289. The fourth-order valence-corrected chi connectivity index (χ4v) is 1.99. The number of amides is 2. The first kappa shape index (κ1) is 13.6. The molecular formula is C13H14BrN3O2. The average Bonchev–Trinajstić information content (AvgIpc) is 2.78. The highest BCUT2D eigenvalue weighted by Gasteiger charge is 2.11. The summed E-state index contributed by atoms with van der Waals surface area (Å²) in [5.74, 6) is -0.435. The third-order valence-corrected chi connectivity index (χ3v) is 3.22. The second-order valence-corrected chi connectivity index (χ2v) is 5.30. The number of H-pyrrole nitrogens is 1. The molecule has 1 aromatic heterocycles. The fourth-order valence-electron chi connectivity index (χ4n) is 1.63. The largest absolute Gasteiger partial charge is 0.350 e. The van der Waals surface area contributed by atoms with E-state index in [1.807, 2.05) is 18.2 Å². The molecule has 5 nitrogen and oxygen atoms in total. The number of nitrogens with zero attached hydrogens (tertiary/aromatic N) is 1. The van der Waals surface area contributed by atoms with Crippen molar-refractivity contribution < 1.29 is 9.59 Å². The summed E-state index contributed by atoms with van der Waals surface area (Å²) in [6.07, 6.45) is 0. The summed E-state index contributed by atoms with van der Waals surface area (Å²) in [4.78, 5) is 27.7. The smallest absolute Gasteiger partial charge is 0.268 e. The summed E-state index contributed by atoms with van der Waals surface area (Å²) in [6.45, 7) is -0.00903. The second kappa shape index (κ2) is 5.44. The molecule has 0 atom stereocenters. The van der Waals surface area contributed by atoms with Gasteiger partial charge in [-0.25, -0.2) is 0 Å². The van der Waals surface area contributed by atoms with Crippen molar-refractivity contribution in [3.8, 4) is 0 Å². The Morgan fingerprint density at radius 3 is 2.74 bits per heavy atom. The maximum Gasteiger partial charge on any atom is 0.268 e. The van der Waals surface area contributed by atoms with E-state index in [0.717, 1.165) is 15.4 Å². The Kier molecular flexibility index (Phi) is 3.90. The van der Waals surface area contributed by atoms with Crippen LogP contribution in [0.4, 0.5) is 0 Å². The van der Waals surface area contributed by atoms with Crippen LogP contribution in [0.5, 0.6) is 0 Å². The van der Waals surface area contributed by atoms with E-state index in [2.05, 4.69) is 26.2 Å². The molecule has 0 saturated heterocycles. The summed E-state index contributed by atoms with van der Waals surface area (Å²) in [5, 5.41) is 3.53. The highest BCUT2D eigenvalue weighted by Crippen LogP contribution is 2.20. The summed E-state index contributed by atoms with van der Waals surface area (Å²) in [7, 11) is 3.30. The Labute approximate surface area is 119 Å². The molecule has 2 amide bonds. The average molecular weight is 324 g/mol. The number of hydrogen-bond donors (Lipinski definition) is 2. The minimum Gasteiger partial charge on any atom is -0.350 e. The zero-order valence-electron chi connectivity index (χ0n) is 10.7. The van der Waals surface area contributed by atoms with E-state index in [0.29, 0.717) is 5.69 Å². The molecule has 0 unspecified atom stereocenters. The van der Waals surface area contributed by atoms with Crippen molar-refractivity contribution in [3.05, 3.63) is 34.4 Å². The maximum atomic E-state index is 11.9. The minimum absolute atomic E-state index is 0.00903. The molecule has 0 spiro atoms. The van der Waals surface area contributed by atoms with Crippen molar-refractivity contribution in [2.45, 2.75) is 0 Å². The van der Waals surface area contributed by atoms with Gasteiger partial charge in [-0.05, 0) is 18.2 Å². The van der Waals surface area contributed by atoms with Gasteiger partial charge in [0.25, 0.3) is 5.91 Å². The van der Waals surface area contributed by atoms with Crippen LogP contribution in [0.1, 0.15) is 10.5 Å². The van der Waals surface area contributed by atoms with Gasteiger partial charge in [0.05, 0.1) is 6.54 Å². The van der Waals surface area contributed by atoms with Gasteiger partial charge in [0.1, 0.15) is 5.69 Å². The van der Waals surface area contributed by atoms with Crippen LogP contribution in [0, 0.1) is 0 Å². The molecule has 0 radical (unpaired) electrons. The Bertz CT molecular complexity index is 634. The number of nitrogens with one attached hydrogen (secondary N) is 2.